The van der Waals surface area contributed by atoms with Crippen LogP contribution < -0.4 is 23.6 Å². The number of rotatable bonds is 5. The van der Waals surface area contributed by atoms with Gasteiger partial charge in [0.05, 0.1) is 7.11 Å². The number of nitrogens with zero attached hydrogens (tertiary/aromatic N) is 1. The van der Waals surface area contributed by atoms with E-state index in [0.717, 1.165) is 22.2 Å². The molecule has 2 N–H and O–H groups in total. The summed E-state index contributed by atoms with van der Waals surface area (Å²) in [6.07, 6.45) is 3.36. The molecule has 1 amide bonds. The number of aromatic carboxylic acids is 1. The molecule has 0 aliphatic carbocycles. The van der Waals surface area contributed by atoms with E-state index in [9.17, 15) is 9.59 Å². The zero-order valence-electron chi connectivity index (χ0n) is 17.9. The number of ether oxygens (including phenoxy) is 1. The second-order valence-corrected chi connectivity index (χ2v) is 6.47. The quantitative estimate of drug-likeness (QED) is 0.493. The number of benzene rings is 2. The van der Waals surface area contributed by atoms with E-state index < -0.39 is 5.97 Å². The summed E-state index contributed by atoms with van der Waals surface area (Å²) in [6, 6.07) is 10.1. The fourth-order valence-electron chi connectivity index (χ4n) is 2.70. The van der Waals surface area contributed by atoms with Crippen molar-refractivity contribution >= 4 is 22.8 Å². The van der Waals surface area contributed by atoms with Gasteiger partial charge < -0.3 is 26.7 Å². The molecule has 6 nitrogen and oxygen atoms in total. The standard InChI is InChI=1S/C12H13NO3.C11H12NO.Li/c1-3-13(2)11(14)8-9-4-6-10(7-5-9)12(15)16;1-7-6-10(13-3)8(2)9-4-5-12-11(7)9;/h4-8H,1,3H2,2H3,(H,15,16);4-6,12H,2H2,1,3H3;/q-2;-1;+1. The molecule has 0 aliphatic rings. The molecule has 0 aliphatic heterocycles. The summed E-state index contributed by atoms with van der Waals surface area (Å²) in [7, 11) is 3.32. The van der Waals surface area contributed by atoms with Gasteiger partial charge in [0, 0.05) is 18.4 Å². The Balaban J connectivity index is 0.000000295. The summed E-state index contributed by atoms with van der Waals surface area (Å²) in [5.74, 6) is -0.282. The minimum Gasteiger partial charge on any atom is -0.554 e. The van der Waals surface area contributed by atoms with E-state index in [2.05, 4.69) is 25.8 Å². The van der Waals surface area contributed by atoms with Crippen LogP contribution in [0.5, 0.6) is 5.75 Å². The summed E-state index contributed by atoms with van der Waals surface area (Å²) in [5.41, 5.74) is 4.16. The van der Waals surface area contributed by atoms with Crippen molar-refractivity contribution in [3.8, 4) is 5.75 Å². The summed E-state index contributed by atoms with van der Waals surface area (Å²) in [6.45, 7) is 10.0. The number of aryl methyl sites for hydroxylation is 1. The molecule has 1 aromatic heterocycles. The SMILES string of the molecule is [CH2-]CN(C)C(=O)[CH-]c1ccc(C(=O)O)cc1.[CH2-]c1c(OC)cc(C)c2[nH]ccc12.[Li+]. The van der Waals surface area contributed by atoms with Gasteiger partial charge in [0.2, 0.25) is 0 Å². The molecule has 3 rings (SSSR count). The van der Waals surface area contributed by atoms with Crippen LogP contribution in [0.25, 0.3) is 10.9 Å². The molecule has 3 aromatic rings. The monoisotopic (exact) mass is 400 g/mol. The number of carboxylic acids is 1. The number of nitrogens with one attached hydrogen (secondary N) is 1. The number of carboxylic acid groups (broad SMARTS) is 1. The van der Waals surface area contributed by atoms with Gasteiger partial charge in [-0.05, 0) is 24.2 Å². The number of likely N-dealkylation sites (N-methyl/N-ethyl adjacent to an activating group) is 1. The zero-order chi connectivity index (χ0) is 21.6. The summed E-state index contributed by atoms with van der Waals surface area (Å²) < 4.78 is 5.23. The fourth-order valence-corrected chi connectivity index (χ4v) is 2.70. The van der Waals surface area contributed by atoms with Gasteiger partial charge in [0.15, 0.2) is 5.91 Å². The molecule has 30 heavy (non-hydrogen) atoms. The van der Waals surface area contributed by atoms with Crippen LogP contribution in [0, 0.1) is 27.2 Å². The van der Waals surface area contributed by atoms with E-state index in [1.165, 1.54) is 29.0 Å². The van der Waals surface area contributed by atoms with Crippen LogP contribution in [0.2, 0.25) is 0 Å². The largest absolute Gasteiger partial charge is 1.00 e. The Labute approximate surface area is 189 Å². The van der Waals surface area contributed by atoms with Gasteiger partial charge in [-0.15, -0.1) is 24.2 Å². The number of aromatic nitrogens is 1. The summed E-state index contributed by atoms with van der Waals surface area (Å²) in [5, 5.41) is 9.83. The minimum absolute atomic E-state index is 0. The zero-order valence-corrected chi connectivity index (χ0v) is 17.9. The van der Waals surface area contributed by atoms with Crippen molar-refractivity contribution in [3.63, 3.8) is 0 Å². The molecule has 7 heteroatoms. The first-order valence-electron chi connectivity index (χ1n) is 8.97. The maximum Gasteiger partial charge on any atom is 1.00 e. The number of hydrogen-bond donors (Lipinski definition) is 2. The molecular weight excluding hydrogens is 375 g/mol. The predicted molar refractivity (Wildman–Crippen MR) is 114 cm³/mol. The average Bonchev–Trinajstić information content (AvgIpc) is 3.21. The summed E-state index contributed by atoms with van der Waals surface area (Å²) >= 11 is 0. The van der Waals surface area contributed by atoms with E-state index >= 15 is 0 Å². The van der Waals surface area contributed by atoms with Gasteiger partial charge in [-0.25, -0.2) is 4.79 Å². The number of methoxy groups -OCH3 is 1. The number of amides is 1. The Morgan fingerprint density at radius 2 is 1.87 bits per heavy atom. The number of carbonyl (C=O) groups excluding carboxylic acids is 1. The fraction of sp³-hybridized carbons (Fsp3) is 0.174. The third kappa shape index (κ3) is 6.03. The van der Waals surface area contributed by atoms with Crippen molar-refractivity contribution in [1.82, 2.24) is 9.88 Å². The minimum atomic E-state index is -0.979. The molecule has 0 saturated carbocycles. The van der Waals surface area contributed by atoms with Gasteiger partial charge in [0.1, 0.15) is 0 Å². The van der Waals surface area contributed by atoms with Crippen LogP contribution in [-0.2, 0) is 4.79 Å². The molecule has 0 spiro atoms. The normalized spacial score (nSPS) is 9.73. The molecule has 154 valence electrons. The molecule has 0 bridgehead atoms. The Kier molecular flexibility index (Phi) is 9.45. The van der Waals surface area contributed by atoms with Crippen LogP contribution >= 0.6 is 0 Å². The van der Waals surface area contributed by atoms with Gasteiger partial charge in [-0.2, -0.15) is 24.6 Å². The van der Waals surface area contributed by atoms with Crippen molar-refractivity contribution in [2.45, 2.75) is 6.92 Å². The molecule has 0 fully saturated rings. The second-order valence-electron chi connectivity index (χ2n) is 6.47. The molecule has 0 saturated heterocycles. The van der Waals surface area contributed by atoms with Crippen LogP contribution in [0.3, 0.4) is 0 Å². The molecule has 0 unspecified atom stereocenters. The van der Waals surface area contributed by atoms with E-state index in [1.54, 1.807) is 26.3 Å². The van der Waals surface area contributed by atoms with Crippen molar-refractivity contribution in [1.29, 1.82) is 0 Å². The number of hydrogen-bond acceptors (Lipinski definition) is 3. The topological polar surface area (TPSA) is 82.6 Å². The van der Waals surface area contributed by atoms with Gasteiger partial charge in [-0.3, -0.25) is 4.79 Å². The van der Waals surface area contributed by atoms with Crippen LogP contribution in [0.15, 0.2) is 42.6 Å². The van der Waals surface area contributed by atoms with Gasteiger partial charge >= 0.3 is 24.8 Å². The smallest absolute Gasteiger partial charge is 0.554 e. The Morgan fingerprint density at radius 1 is 1.23 bits per heavy atom. The van der Waals surface area contributed by atoms with Crippen molar-refractivity contribution in [2.24, 2.45) is 0 Å². The average molecular weight is 400 g/mol. The van der Waals surface area contributed by atoms with Gasteiger partial charge in [-0.1, -0.05) is 23.9 Å². The Morgan fingerprint density at radius 3 is 2.40 bits per heavy atom. The van der Waals surface area contributed by atoms with E-state index in [-0.39, 0.29) is 30.3 Å². The first kappa shape index (κ1) is 25.1. The maximum atomic E-state index is 11.5. The molecular formula is C23H25LiN2O4-2. The third-order valence-electron chi connectivity index (χ3n) is 4.49. The Hall–Kier alpha value is -2.94. The molecule has 0 radical (unpaired) electrons. The first-order chi connectivity index (χ1) is 13.8. The molecule has 2 aromatic carbocycles. The molecule has 0 atom stereocenters. The van der Waals surface area contributed by atoms with Crippen molar-refractivity contribution in [2.75, 3.05) is 20.7 Å². The first-order valence-corrected chi connectivity index (χ1v) is 8.97. The second kappa shape index (κ2) is 11.3. The van der Waals surface area contributed by atoms with Crippen LogP contribution in [0.1, 0.15) is 27.0 Å². The van der Waals surface area contributed by atoms with Gasteiger partial charge in [0.25, 0.3) is 0 Å². The van der Waals surface area contributed by atoms with E-state index in [0.29, 0.717) is 12.1 Å². The van der Waals surface area contributed by atoms with Crippen LogP contribution in [0.4, 0.5) is 0 Å². The number of carbonyl (C=O) groups is 2. The molecule has 1 heterocycles. The van der Waals surface area contributed by atoms with E-state index in [4.69, 9.17) is 9.84 Å². The Bertz CT molecular complexity index is 996. The number of fused-ring (bicyclic) bond motifs is 1. The van der Waals surface area contributed by atoms with Crippen LogP contribution in [-0.4, -0.2) is 47.6 Å². The number of H-pyrrole nitrogens is 1. The van der Waals surface area contributed by atoms with Crippen molar-refractivity contribution < 1.29 is 38.3 Å². The van der Waals surface area contributed by atoms with E-state index in [1.807, 2.05) is 18.3 Å². The maximum absolute atomic E-state index is 11.5. The number of aromatic amines is 1. The third-order valence-corrected chi connectivity index (χ3v) is 4.49. The predicted octanol–water partition coefficient (Wildman–Crippen LogP) is 0.901. The summed E-state index contributed by atoms with van der Waals surface area (Å²) in [4.78, 5) is 26.7. The van der Waals surface area contributed by atoms with Crippen molar-refractivity contribution in [3.05, 3.63) is 85.1 Å².